The molecule has 3 aromatic rings. The smallest absolute Gasteiger partial charge is 0.383 e. The molecule has 1 heterocycles. The Bertz CT molecular complexity index is 1240. The number of aromatic nitrogens is 2. The third-order valence-electron chi connectivity index (χ3n) is 5.10. The van der Waals surface area contributed by atoms with Crippen LogP contribution in [0.25, 0.3) is 0 Å². The van der Waals surface area contributed by atoms with Crippen LogP contribution >= 0.6 is 0 Å². The third-order valence-corrected chi connectivity index (χ3v) is 5.10. The van der Waals surface area contributed by atoms with E-state index in [4.69, 9.17) is 5.73 Å². The van der Waals surface area contributed by atoms with Crippen LogP contribution in [0.15, 0.2) is 70.3 Å². The highest BCUT2D eigenvalue weighted by molar-refractivity contribution is 5.82. The van der Waals surface area contributed by atoms with Crippen molar-refractivity contribution in [1.82, 2.24) is 14.5 Å². The molecular weight excluding hydrogens is 451 g/mol. The normalized spacial score (nSPS) is 11.3. The molecule has 11 heteroatoms. The molecule has 0 aliphatic rings. The zero-order valence-corrected chi connectivity index (χ0v) is 18.4. The Morgan fingerprint density at radius 2 is 1.56 bits per heavy atom. The van der Waals surface area contributed by atoms with Crippen LogP contribution in [0.5, 0.6) is 0 Å². The summed E-state index contributed by atoms with van der Waals surface area (Å²) in [6, 6.07) is 17.6. The van der Waals surface area contributed by atoms with Gasteiger partial charge in [0.05, 0.1) is 13.1 Å². The van der Waals surface area contributed by atoms with E-state index in [2.05, 4.69) is 4.98 Å². The van der Waals surface area contributed by atoms with E-state index in [1.165, 1.54) is 4.90 Å². The highest BCUT2D eigenvalue weighted by Gasteiger charge is 2.32. The maximum atomic E-state index is 12.8. The van der Waals surface area contributed by atoms with E-state index < -0.39 is 36.4 Å². The van der Waals surface area contributed by atoms with E-state index in [0.717, 1.165) is 17.2 Å². The van der Waals surface area contributed by atoms with Crippen LogP contribution in [0.2, 0.25) is 0 Å². The summed E-state index contributed by atoms with van der Waals surface area (Å²) in [6.07, 6.45) is -4.58. The van der Waals surface area contributed by atoms with Gasteiger partial charge in [0.25, 0.3) is 5.56 Å². The summed E-state index contributed by atoms with van der Waals surface area (Å²) < 4.78 is 39.5. The number of nitrogens with zero attached hydrogens (tertiary/aromatic N) is 3. The van der Waals surface area contributed by atoms with Gasteiger partial charge < -0.3 is 15.5 Å². The lowest BCUT2D eigenvalue weighted by Crippen LogP contribution is -2.45. The van der Waals surface area contributed by atoms with E-state index in [-0.39, 0.29) is 24.6 Å². The van der Waals surface area contributed by atoms with Gasteiger partial charge in [-0.3, -0.25) is 19.1 Å². The van der Waals surface area contributed by atoms with Gasteiger partial charge >= 0.3 is 11.9 Å². The van der Waals surface area contributed by atoms with E-state index in [1.807, 2.05) is 0 Å². The SMILES string of the molecule is CN(CC(F)(F)F)C(=O)CN(Cc1ccccc1)c1c(N)n(Cc2ccccc2)c(=O)[nH]c1=O. The zero-order valence-electron chi connectivity index (χ0n) is 18.4. The zero-order chi connectivity index (χ0) is 24.9. The molecule has 0 fully saturated rings. The van der Waals surface area contributed by atoms with E-state index >= 15 is 0 Å². The Morgan fingerprint density at radius 1 is 1.00 bits per heavy atom. The van der Waals surface area contributed by atoms with Crippen molar-refractivity contribution < 1.29 is 18.0 Å². The van der Waals surface area contributed by atoms with Crippen molar-refractivity contribution in [3.05, 3.63) is 92.6 Å². The minimum absolute atomic E-state index is 0.00323. The Morgan fingerprint density at radius 3 is 2.12 bits per heavy atom. The van der Waals surface area contributed by atoms with E-state index in [1.54, 1.807) is 60.7 Å². The highest BCUT2D eigenvalue weighted by Crippen LogP contribution is 2.21. The van der Waals surface area contributed by atoms with Crippen LogP contribution in [-0.4, -0.2) is 46.7 Å². The first-order chi connectivity index (χ1) is 16.0. The van der Waals surface area contributed by atoms with Crippen molar-refractivity contribution >= 4 is 17.4 Å². The summed E-state index contributed by atoms with van der Waals surface area (Å²) in [5, 5.41) is 0. The van der Waals surface area contributed by atoms with Crippen LogP contribution in [0, 0.1) is 0 Å². The molecule has 3 N–H and O–H groups in total. The Kier molecular flexibility index (Phi) is 7.44. The molecule has 0 atom stereocenters. The van der Waals surface area contributed by atoms with Crippen molar-refractivity contribution in [3.8, 4) is 0 Å². The first-order valence-corrected chi connectivity index (χ1v) is 10.3. The quantitative estimate of drug-likeness (QED) is 0.520. The molecular formula is C23H24F3N5O3. The topological polar surface area (TPSA) is 104 Å². The molecule has 1 amide bonds. The molecule has 2 aromatic carbocycles. The summed E-state index contributed by atoms with van der Waals surface area (Å²) in [7, 11) is 1.03. The molecule has 180 valence electrons. The van der Waals surface area contributed by atoms with Crippen LogP contribution in [-0.2, 0) is 17.9 Å². The van der Waals surface area contributed by atoms with Gasteiger partial charge in [-0.1, -0.05) is 60.7 Å². The number of nitrogen functional groups attached to an aromatic ring is 1. The predicted octanol–water partition coefficient (Wildman–Crippen LogP) is 2.19. The summed E-state index contributed by atoms with van der Waals surface area (Å²) in [6.45, 7) is -1.94. The first-order valence-electron chi connectivity index (χ1n) is 10.3. The Hall–Kier alpha value is -4.02. The molecule has 0 saturated heterocycles. The second kappa shape index (κ2) is 10.3. The van der Waals surface area contributed by atoms with Gasteiger partial charge in [0.2, 0.25) is 5.91 Å². The number of halogens is 3. The summed E-state index contributed by atoms with van der Waals surface area (Å²) in [5.74, 6) is -1.06. The minimum Gasteiger partial charge on any atom is -0.383 e. The van der Waals surface area contributed by atoms with Crippen molar-refractivity contribution in [2.75, 3.05) is 30.8 Å². The van der Waals surface area contributed by atoms with Gasteiger partial charge in [0, 0.05) is 13.6 Å². The van der Waals surface area contributed by atoms with Crippen molar-refractivity contribution in [3.63, 3.8) is 0 Å². The average molecular weight is 475 g/mol. The number of aromatic amines is 1. The fourth-order valence-electron chi connectivity index (χ4n) is 3.46. The predicted molar refractivity (Wildman–Crippen MR) is 122 cm³/mol. The van der Waals surface area contributed by atoms with Crippen molar-refractivity contribution in [2.24, 2.45) is 0 Å². The number of benzene rings is 2. The average Bonchev–Trinajstić information content (AvgIpc) is 2.76. The van der Waals surface area contributed by atoms with E-state index in [0.29, 0.717) is 10.5 Å². The number of likely N-dealkylation sites (N-methyl/N-ethyl adjacent to an activating group) is 1. The number of alkyl halides is 3. The monoisotopic (exact) mass is 475 g/mol. The standard InChI is InChI=1S/C23H24F3N5O3/c1-29(15-23(24,25)26)18(32)14-30(12-16-8-4-2-5-9-16)19-20(27)31(22(34)28-21(19)33)13-17-10-6-3-7-11-17/h2-11H,12-15,27H2,1H3,(H,28,33,34). The summed E-state index contributed by atoms with van der Waals surface area (Å²) in [4.78, 5) is 41.9. The molecule has 3 rings (SSSR count). The molecule has 34 heavy (non-hydrogen) atoms. The maximum Gasteiger partial charge on any atom is 0.406 e. The summed E-state index contributed by atoms with van der Waals surface area (Å²) >= 11 is 0. The number of carbonyl (C=O) groups is 1. The lowest BCUT2D eigenvalue weighted by Gasteiger charge is -2.28. The molecule has 1 aromatic heterocycles. The van der Waals surface area contributed by atoms with Crippen LogP contribution < -0.4 is 21.9 Å². The molecule has 0 bridgehead atoms. The van der Waals surface area contributed by atoms with Gasteiger partial charge in [-0.15, -0.1) is 0 Å². The second-order valence-corrected chi connectivity index (χ2v) is 7.77. The summed E-state index contributed by atoms with van der Waals surface area (Å²) in [5.41, 5.74) is 5.91. The first kappa shape index (κ1) is 24.6. The number of nitrogens with one attached hydrogen (secondary N) is 1. The van der Waals surface area contributed by atoms with Gasteiger partial charge in [0.1, 0.15) is 18.1 Å². The van der Waals surface area contributed by atoms with Gasteiger partial charge in [-0.2, -0.15) is 13.2 Å². The second-order valence-electron chi connectivity index (χ2n) is 7.77. The number of hydrogen-bond acceptors (Lipinski definition) is 5. The molecule has 8 nitrogen and oxygen atoms in total. The molecule has 0 aliphatic heterocycles. The van der Waals surface area contributed by atoms with Crippen molar-refractivity contribution in [2.45, 2.75) is 19.3 Å². The van der Waals surface area contributed by atoms with Gasteiger partial charge in [-0.25, -0.2) is 4.79 Å². The van der Waals surface area contributed by atoms with Crippen molar-refractivity contribution in [1.29, 1.82) is 0 Å². The highest BCUT2D eigenvalue weighted by atomic mass is 19.4. The van der Waals surface area contributed by atoms with E-state index in [9.17, 15) is 27.6 Å². The number of amides is 1. The van der Waals surface area contributed by atoms with Crippen LogP contribution in [0.3, 0.4) is 0 Å². The van der Waals surface area contributed by atoms with Gasteiger partial charge in [-0.05, 0) is 11.1 Å². The lowest BCUT2D eigenvalue weighted by atomic mass is 10.2. The minimum atomic E-state index is -4.58. The fourth-order valence-corrected chi connectivity index (χ4v) is 3.46. The van der Waals surface area contributed by atoms with Crippen LogP contribution in [0.1, 0.15) is 11.1 Å². The number of rotatable bonds is 8. The number of anilines is 2. The molecule has 0 aliphatic carbocycles. The number of carbonyl (C=O) groups excluding carboxylic acids is 1. The third kappa shape index (κ3) is 6.27. The fraction of sp³-hybridized carbons (Fsp3) is 0.261. The largest absolute Gasteiger partial charge is 0.406 e. The number of hydrogen-bond donors (Lipinski definition) is 2. The molecule has 0 spiro atoms. The van der Waals surface area contributed by atoms with Crippen LogP contribution in [0.4, 0.5) is 24.7 Å². The number of H-pyrrole nitrogens is 1. The van der Waals surface area contributed by atoms with Gasteiger partial charge in [0.15, 0.2) is 0 Å². The number of nitrogens with two attached hydrogens (primary N) is 1. The molecule has 0 saturated carbocycles. The molecule has 0 radical (unpaired) electrons. The molecule has 0 unspecified atom stereocenters. The maximum absolute atomic E-state index is 12.8. The Labute approximate surface area is 193 Å². The Balaban J connectivity index is 2.02. The lowest BCUT2D eigenvalue weighted by molar-refractivity contribution is -0.157.